The fourth-order valence-electron chi connectivity index (χ4n) is 2.68. The number of nitrogens with zero attached hydrogens (tertiary/aromatic N) is 1. The van der Waals surface area contributed by atoms with Crippen LogP contribution < -0.4 is 10.9 Å². The molecule has 1 heterocycles. The number of hydrogen-bond acceptors (Lipinski definition) is 5. The summed E-state index contributed by atoms with van der Waals surface area (Å²) in [6, 6.07) is 9.81. The van der Waals surface area contributed by atoms with Gasteiger partial charge in [-0.3, -0.25) is 14.4 Å². The molecule has 0 bridgehead atoms. The third-order valence-electron chi connectivity index (χ3n) is 4.10. The number of para-hydroxylation sites is 1. The number of halogens is 3. The number of ether oxygens (including phenoxy) is 1. The van der Waals surface area contributed by atoms with Crippen LogP contribution in [0.1, 0.15) is 18.7 Å². The maximum Gasteiger partial charge on any atom is 0.306 e. The number of fused-ring (bicyclic) bond motifs is 1. The lowest BCUT2D eigenvalue weighted by Crippen LogP contribution is -2.21. The Kier molecular flexibility index (Phi) is 7.31. The molecule has 3 aromatic rings. The molecule has 0 radical (unpaired) electrons. The summed E-state index contributed by atoms with van der Waals surface area (Å²) in [6.07, 6.45) is 0.859. The van der Waals surface area contributed by atoms with E-state index in [2.05, 4.69) is 15.3 Å². The second-order valence-electron chi connectivity index (χ2n) is 6.34. The molecule has 0 atom stereocenters. The van der Waals surface area contributed by atoms with Crippen molar-refractivity contribution in [2.24, 2.45) is 0 Å². The first-order valence-electron chi connectivity index (χ1n) is 8.91. The summed E-state index contributed by atoms with van der Waals surface area (Å²) in [6.45, 7) is -0.472. The summed E-state index contributed by atoms with van der Waals surface area (Å²) in [5, 5.41) is 3.70. The minimum absolute atomic E-state index is 0.0668. The Balaban J connectivity index is 1.45. The van der Waals surface area contributed by atoms with Gasteiger partial charge >= 0.3 is 5.97 Å². The molecule has 0 saturated carbocycles. The predicted molar refractivity (Wildman–Crippen MR) is 116 cm³/mol. The molecule has 10 heteroatoms. The van der Waals surface area contributed by atoms with Crippen molar-refractivity contribution in [3.05, 3.63) is 67.6 Å². The fourth-order valence-corrected chi connectivity index (χ4v) is 3.27. The molecule has 1 amide bonds. The van der Waals surface area contributed by atoms with Gasteiger partial charge in [-0.2, -0.15) is 0 Å². The van der Waals surface area contributed by atoms with Crippen LogP contribution in [0, 0.1) is 0 Å². The summed E-state index contributed by atoms with van der Waals surface area (Å²) in [5.74, 6) is -0.629. The lowest BCUT2D eigenvalue weighted by Gasteiger charge is -2.09. The van der Waals surface area contributed by atoms with E-state index in [1.54, 1.807) is 24.3 Å². The summed E-state index contributed by atoms with van der Waals surface area (Å²) in [5.41, 5.74) is 0.630. The zero-order chi connectivity index (χ0) is 21.7. The van der Waals surface area contributed by atoms with Gasteiger partial charge < -0.3 is 15.0 Å². The largest absolute Gasteiger partial charge is 0.456 e. The van der Waals surface area contributed by atoms with Crippen molar-refractivity contribution in [2.45, 2.75) is 19.3 Å². The maximum atomic E-state index is 12.0. The van der Waals surface area contributed by atoms with Gasteiger partial charge in [0.25, 0.3) is 11.5 Å². The summed E-state index contributed by atoms with van der Waals surface area (Å²) in [7, 11) is 0. The number of aryl methyl sites for hydroxylation is 1. The Bertz CT molecular complexity index is 1160. The van der Waals surface area contributed by atoms with Gasteiger partial charge in [0.05, 0.1) is 31.7 Å². The summed E-state index contributed by atoms with van der Waals surface area (Å²) >= 11 is 17.7. The van der Waals surface area contributed by atoms with E-state index in [0.29, 0.717) is 29.6 Å². The van der Waals surface area contributed by atoms with Crippen molar-refractivity contribution in [3.8, 4) is 0 Å². The van der Waals surface area contributed by atoms with Crippen molar-refractivity contribution in [1.29, 1.82) is 0 Å². The van der Waals surface area contributed by atoms with Crippen LogP contribution in [0.4, 0.5) is 5.69 Å². The molecule has 0 aliphatic rings. The van der Waals surface area contributed by atoms with Crippen molar-refractivity contribution < 1.29 is 14.3 Å². The van der Waals surface area contributed by atoms with Crippen molar-refractivity contribution in [2.75, 3.05) is 11.9 Å². The van der Waals surface area contributed by atoms with Crippen molar-refractivity contribution >= 4 is 63.3 Å². The first-order valence-corrected chi connectivity index (χ1v) is 10.0. The van der Waals surface area contributed by atoms with E-state index in [1.165, 1.54) is 12.1 Å². The molecule has 1 aromatic heterocycles. The molecule has 156 valence electrons. The van der Waals surface area contributed by atoms with E-state index in [0.717, 1.165) is 0 Å². The molecule has 0 saturated heterocycles. The van der Waals surface area contributed by atoms with E-state index in [9.17, 15) is 14.4 Å². The average Bonchev–Trinajstić information content (AvgIpc) is 2.70. The van der Waals surface area contributed by atoms with Crippen LogP contribution in [0.5, 0.6) is 0 Å². The van der Waals surface area contributed by atoms with Crippen LogP contribution >= 0.6 is 34.8 Å². The highest BCUT2D eigenvalue weighted by molar-refractivity contribution is 6.44. The van der Waals surface area contributed by atoms with E-state index in [4.69, 9.17) is 39.5 Å². The Labute approximate surface area is 186 Å². The molecular weight excluding hydrogens is 453 g/mol. The molecule has 2 aromatic carbocycles. The number of aromatic nitrogens is 2. The van der Waals surface area contributed by atoms with E-state index >= 15 is 0 Å². The molecule has 7 nitrogen and oxygen atoms in total. The number of aromatic amines is 1. The number of carbonyl (C=O) groups excluding carboxylic acids is 2. The predicted octanol–water partition coefficient (Wildman–Crippen LogP) is 4.39. The Morgan fingerprint density at radius 1 is 1.07 bits per heavy atom. The Morgan fingerprint density at radius 2 is 1.80 bits per heavy atom. The second-order valence-corrected chi connectivity index (χ2v) is 7.56. The first-order chi connectivity index (χ1) is 14.3. The summed E-state index contributed by atoms with van der Waals surface area (Å²) < 4.78 is 4.96. The van der Waals surface area contributed by atoms with Crippen LogP contribution in [0.25, 0.3) is 10.9 Å². The molecule has 0 fully saturated rings. The fraction of sp³-hybridized carbons (Fsp3) is 0.200. The highest BCUT2D eigenvalue weighted by Gasteiger charge is 2.12. The Hall–Kier alpha value is -2.61. The SMILES string of the molecule is O=C(COC(=O)CCCc1nc2ccccc2c(=O)[nH]1)Nc1cc(Cl)c(Cl)cc1Cl. The Morgan fingerprint density at radius 3 is 2.60 bits per heavy atom. The van der Waals surface area contributed by atoms with Gasteiger partial charge in [0.15, 0.2) is 6.61 Å². The number of carbonyl (C=O) groups is 2. The molecule has 2 N–H and O–H groups in total. The highest BCUT2D eigenvalue weighted by atomic mass is 35.5. The van der Waals surface area contributed by atoms with Crippen LogP contribution in [0.3, 0.4) is 0 Å². The molecule has 30 heavy (non-hydrogen) atoms. The van der Waals surface area contributed by atoms with Crippen LogP contribution in [-0.4, -0.2) is 28.5 Å². The monoisotopic (exact) mass is 467 g/mol. The standard InChI is InChI=1S/C20H16Cl3N3O4/c21-12-8-14(23)16(9-13(12)22)25-18(27)10-30-19(28)7-3-6-17-24-15-5-2-1-4-11(15)20(29)26-17/h1-2,4-5,8-9H,3,6-7,10H2,(H,25,27)(H,24,26,29). The van der Waals surface area contributed by atoms with E-state index in [1.807, 2.05) is 0 Å². The van der Waals surface area contributed by atoms with Crippen LogP contribution in [0.2, 0.25) is 15.1 Å². The topological polar surface area (TPSA) is 101 Å². The molecule has 3 rings (SSSR count). The smallest absolute Gasteiger partial charge is 0.306 e. The molecular formula is C20H16Cl3N3O4. The van der Waals surface area contributed by atoms with Gasteiger partial charge in [0.1, 0.15) is 5.82 Å². The van der Waals surface area contributed by atoms with Crippen LogP contribution in [0.15, 0.2) is 41.2 Å². The maximum absolute atomic E-state index is 12.0. The van der Waals surface area contributed by atoms with Gasteiger partial charge in [-0.05, 0) is 30.7 Å². The third-order valence-corrected chi connectivity index (χ3v) is 5.14. The lowest BCUT2D eigenvalue weighted by molar-refractivity contribution is -0.147. The number of anilines is 1. The van der Waals surface area contributed by atoms with Crippen molar-refractivity contribution in [3.63, 3.8) is 0 Å². The number of benzene rings is 2. The minimum atomic E-state index is -0.566. The highest BCUT2D eigenvalue weighted by Crippen LogP contribution is 2.32. The molecule has 0 aliphatic heterocycles. The average molecular weight is 469 g/mol. The minimum Gasteiger partial charge on any atom is -0.456 e. The number of rotatable bonds is 7. The zero-order valence-electron chi connectivity index (χ0n) is 15.5. The normalized spacial score (nSPS) is 10.8. The van der Waals surface area contributed by atoms with Crippen LogP contribution in [-0.2, 0) is 20.7 Å². The first kappa shape index (κ1) is 22.1. The van der Waals surface area contributed by atoms with Gasteiger partial charge in [0, 0.05) is 12.8 Å². The number of esters is 1. The summed E-state index contributed by atoms with van der Waals surface area (Å²) in [4.78, 5) is 42.9. The number of amides is 1. The molecule has 0 spiro atoms. The van der Waals surface area contributed by atoms with E-state index < -0.39 is 18.5 Å². The lowest BCUT2D eigenvalue weighted by atomic mass is 10.2. The third kappa shape index (κ3) is 5.72. The number of hydrogen-bond donors (Lipinski definition) is 2. The molecule has 0 unspecified atom stereocenters. The number of nitrogens with one attached hydrogen (secondary N) is 2. The van der Waals surface area contributed by atoms with Crippen molar-refractivity contribution in [1.82, 2.24) is 9.97 Å². The second kappa shape index (κ2) is 9.93. The quantitative estimate of drug-likeness (QED) is 0.396. The molecule has 0 aliphatic carbocycles. The van der Waals surface area contributed by atoms with E-state index in [-0.39, 0.29) is 32.7 Å². The van der Waals surface area contributed by atoms with Gasteiger partial charge in [-0.25, -0.2) is 4.98 Å². The van der Waals surface area contributed by atoms with Gasteiger partial charge in [-0.15, -0.1) is 0 Å². The number of H-pyrrole nitrogens is 1. The van der Waals surface area contributed by atoms with Gasteiger partial charge in [-0.1, -0.05) is 46.9 Å². The zero-order valence-corrected chi connectivity index (χ0v) is 17.8. The van der Waals surface area contributed by atoms with Gasteiger partial charge in [0.2, 0.25) is 0 Å².